The Morgan fingerprint density at radius 3 is 2.73 bits per heavy atom. The van der Waals surface area contributed by atoms with Gasteiger partial charge in [0.15, 0.2) is 12.6 Å². The van der Waals surface area contributed by atoms with Gasteiger partial charge in [0.25, 0.3) is 0 Å². The third-order valence-corrected chi connectivity index (χ3v) is 3.50. The summed E-state index contributed by atoms with van der Waals surface area (Å²) in [5.41, 5.74) is 1.40. The lowest BCUT2D eigenvalue weighted by molar-refractivity contribution is 0.0506. The van der Waals surface area contributed by atoms with Gasteiger partial charge in [0.05, 0.1) is 12.0 Å². The van der Waals surface area contributed by atoms with Crippen LogP contribution in [0.25, 0.3) is 0 Å². The number of carbonyl (C=O) groups excluding carboxylic acids is 1. The van der Waals surface area contributed by atoms with Crippen molar-refractivity contribution in [1.29, 1.82) is 0 Å². The van der Waals surface area contributed by atoms with Crippen LogP contribution in [0.2, 0.25) is 0 Å². The first-order valence-electron chi connectivity index (χ1n) is 6.92. The number of ether oxygens (including phenoxy) is 3. The van der Waals surface area contributed by atoms with Gasteiger partial charge in [0.2, 0.25) is 0 Å². The van der Waals surface area contributed by atoms with Crippen molar-refractivity contribution in [2.24, 2.45) is 0 Å². The Bertz CT molecular complexity index is 678. The molecule has 1 aliphatic heterocycles. The predicted molar refractivity (Wildman–Crippen MR) is 79.4 cm³/mol. The van der Waals surface area contributed by atoms with E-state index in [0.29, 0.717) is 17.1 Å². The van der Waals surface area contributed by atoms with Crippen LogP contribution < -0.4 is 9.47 Å². The van der Waals surface area contributed by atoms with Gasteiger partial charge in [-0.2, -0.15) is 0 Å². The molecule has 1 aliphatic rings. The Morgan fingerprint density at radius 1 is 1.23 bits per heavy atom. The Balaban J connectivity index is 1.86. The molecule has 5 heteroatoms. The molecule has 1 heterocycles. The Labute approximate surface area is 128 Å². The molecule has 114 valence electrons. The highest BCUT2D eigenvalue weighted by Crippen LogP contribution is 2.37. The van der Waals surface area contributed by atoms with Crippen LogP contribution in [-0.4, -0.2) is 24.8 Å². The van der Waals surface area contributed by atoms with Crippen LogP contribution >= 0.6 is 0 Å². The number of Topliss-reactive ketones (excluding diaryl/α,β-unsaturated/α-hetero) is 1. The van der Waals surface area contributed by atoms with Crippen molar-refractivity contribution in [3.8, 4) is 17.2 Å². The number of hydrogen-bond acceptors (Lipinski definition) is 5. The smallest absolute Gasteiger partial charge is 0.188 e. The van der Waals surface area contributed by atoms with Crippen LogP contribution in [-0.2, 0) is 4.74 Å². The standard InChI is InChI=1S/C17H16O5/c1-20-10-21-13-6-7-14-15(19)9-16(22-17(14)8-13)11-2-4-12(18)5-3-11/h2-8,16,18H,9-10H2,1H3. The molecular weight excluding hydrogens is 284 g/mol. The molecule has 2 aromatic rings. The van der Waals surface area contributed by atoms with Crippen LogP contribution in [0.3, 0.4) is 0 Å². The van der Waals surface area contributed by atoms with E-state index in [9.17, 15) is 9.90 Å². The number of aromatic hydroxyl groups is 1. The zero-order valence-electron chi connectivity index (χ0n) is 12.1. The van der Waals surface area contributed by atoms with Gasteiger partial charge < -0.3 is 19.3 Å². The van der Waals surface area contributed by atoms with E-state index in [-0.39, 0.29) is 30.9 Å². The molecule has 0 fully saturated rings. The maximum atomic E-state index is 12.3. The highest BCUT2D eigenvalue weighted by molar-refractivity contribution is 6.00. The number of hydrogen-bond donors (Lipinski definition) is 1. The topological polar surface area (TPSA) is 65.0 Å². The number of fused-ring (bicyclic) bond motifs is 1. The summed E-state index contributed by atoms with van der Waals surface area (Å²) in [5, 5.41) is 9.35. The summed E-state index contributed by atoms with van der Waals surface area (Å²) in [7, 11) is 1.54. The van der Waals surface area contributed by atoms with E-state index in [2.05, 4.69) is 0 Å². The quantitative estimate of drug-likeness (QED) is 0.879. The molecule has 22 heavy (non-hydrogen) atoms. The monoisotopic (exact) mass is 300 g/mol. The largest absolute Gasteiger partial charge is 0.508 e. The molecule has 0 bridgehead atoms. The summed E-state index contributed by atoms with van der Waals surface area (Å²) in [4.78, 5) is 12.3. The molecule has 0 radical (unpaired) electrons. The Hall–Kier alpha value is -2.53. The molecule has 0 amide bonds. The summed E-state index contributed by atoms with van der Waals surface area (Å²) in [6, 6.07) is 11.8. The molecule has 0 aromatic heterocycles. The molecule has 0 aliphatic carbocycles. The van der Waals surface area contributed by atoms with Crippen LogP contribution in [0.15, 0.2) is 42.5 Å². The lowest BCUT2D eigenvalue weighted by Gasteiger charge is -2.26. The van der Waals surface area contributed by atoms with Gasteiger partial charge in [0.1, 0.15) is 23.4 Å². The van der Waals surface area contributed by atoms with Gasteiger partial charge in [-0.15, -0.1) is 0 Å². The van der Waals surface area contributed by atoms with Crippen LogP contribution in [0.4, 0.5) is 0 Å². The van der Waals surface area contributed by atoms with Crippen molar-refractivity contribution in [3.05, 3.63) is 53.6 Å². The van der Waals surface area contributed by atoms with E-state index >= 15 is 0 Å². The number of phenolic OH excluding ortho intramolecular Hbond substituents is 1. The summed E-state index contributed by atoms with van der Waals surface area (Å²) < 4.78 is 16.2. The minimum atomic E-state index is -0.363. The van der Waals surface area contributed by atoms with E-state index in [4.69, 9.17) is 14.2 Å². The van der Waals surface area contributed by atoms with Crippen molar-refractivity contribution >= 4 is 5.78 Å². The average molecular weight is 300 g/mol. The second kappa shape index (κ2) is 6.07. The second-order valence-electron chi connectivity index (χ2n) is 5.03. The minimum Gasteiger partial charge on any atom is -0.508 e. The van der Waals surface area contributed by atoms with Crippen LogP contribution in [0.5, 0.6) is 17.2 Å². The lowest BCUT2D eigenvalue weighted by atomic mass is 9.96. The highest BCUT2D eigenvalue weighted by atomic mass is 16.7. The first kappa shape index (κ1) is 14.4. The van der Waals surface area contributed by atoms with E-state index in [1.165, 1.54) is 0 Å². The first-order valence-corrected chi connectivity index (χ1v) is 6.92. The highest BCUT2D eigenvalue weighted by Gasteiger charge is 2.28. The Kier molecular flexibility index (Phi) is 3.98. The molecule has 3 rings (SSSR count). The van der Waals surface area contributed by atoms with Crippen molar-refractivity contribution in [2.45, 2.75) is 12.5 Å². The Morgan fingerprint density at radius 2 is 2.00 bits per heavy atom. The number of phenols is 1. The first-order chi connectivity index (χ1) is 10.7. The molecule has 1 atom stereocenters. The van der Waals surface area contributed by atoms with E-state index in [1.807, 2.05) is 0 Å². The van der Waals surface area contributed by atoms with Crippen molar-refractivity contribution in [1.82, 2.24) is 0 Å². The van der Waals surface area contributed by atoms with Gasteiger partial charge >= 0.3 is 0 Å². The second-order valence-corrected chi connectivity index (χ2v) is 5.03. The molecule has 0 spiro atoms. The van der Waals surface area contributed by atoms with Crippen molar-refractivity contribution in [3.63, 3.8) is 0 Å². The molecule has 5 nitrogen and oxygen atoms in total. The van der Waals surface area contributed by atoms with Crippen LogP contribution in [0, 0.1) is 0 Å². The summed E-state index contributed by atoms with van der Waals surface area (Å²) in [6.45, 7) is 0.133. The number of carbonyl (C=O) groups is 1. The van der Waals surface area contributed by atoms with Gasteiger partial charge in [-0.25, -0.2) is 0 Å². The average Bonchev–Trinajstić information content (AvgIpc) is 2.53. The van der Waals surface area contributed by atoms with Gasteiger partial charge in [0, 0.05) is 13.2 Å². The molecule has 2 aromatic carbocycles. The predicted octanol–water partition coefficient (Wildman–Crippen LogP) is 3.08. The maximum Gasteiger partial charge on any atom is 0.188 e. The molecular formula is C17H16O5. The maximum absolute atomic E-state index is 12.3. The lowest BCUT2D eigenvalue weighted by Crippen LogP contribution is -2.20. The minimum absolute atomic E-state index is 0.0256. The number of benzene rings is 2. The summed E-state index contributed by atoms with van der Waals surface area (Å²) in [6.07, 6.45) is -0.0888. The van der Waals surface area contributed by atoms with Gasteiger partial charge in [-0.05, 0) is 29.8 Å². The zero-order valence-corrected chi connectivity index (χ0v) is 12.1. The van der Waals surface area contributed by atoms with E-state index in [0.717, 1.165) is 5.56 Å². The summed E-state index contributed by atoms with van der Waals surface area (Å²) >= 11 is 0. The SMILES string of the molecule is COCOc1ccc2c(c1)OC(c1ccc(O)cc1)CC2=O. The third kappa shape index (κ3) is 2.89. The van der Waals surface area contributed by atoms with E-state index < -0.39 is 0 Å². The summed E-state index contributed by atoms with van der Waals surface area (Å²) in [5.74, 6) is 1.29. The van der Waals surface area contributed by atoms with Crippen LogP contribution in [0.1, 0.15) is 28.4 Å². The molecule has 0 saturated carbocycles. The number of ketones is 1. The number of methoxy groups -OCH3 is 1. The van der Waals surface area contributed by atoms with Gasteiger partial charge in [-0.1, -0.05) is 12.1 Å². The fraction of sp³-hybridized carbons (Fsp3) is 0.235. The third-order valence-electron chi connectivity index (χ3n) is 3.50. The van der Waals surface area contributed by atoms with Gasteiger partial charge in [-0.3, -0.25) is 4.79 Å². The normalized spacial score (nSPS) is 16.8. The fourth-order valence-electron chi connectivity index (χ4n) is 2.40. The molecule has 0 saturated heterocycles. The van der Waals surface area contributed by atoms with E-state index in [1.54, 1.807) is 49.6 Å². The molecule has 1 N–H and O–H groups in total. The van der Waals surface area contributed by atoms with Crippen molar-refractivity contribution in [2.75, 3.05) is 13.9 Å². The zero-order chi connectivity index (χ0) is 15.5. The van der Waals surface area contributed by atoms with Crippen molar-refractivity contribution < 1.29 is 24.1 Å². The number of rotatable bonds is 4. The molecule has 1 unspecified atom stereocenters. The fourth-order valence-corrected chi connectivity index (χ4v) is 2.40.